The van der Waals surface area contributed by atoms with Crippen molar-refractivity contribution >= 4 is 5.78 Å². The number of hydrogen-bond acceptors (Lipinski definition) is 1. The summed E-state index contributed by atoms with van der Waals surface area (Å²) >= 11 is 0. The van der Waals surface area contributed by atoms with Gasteiger partial charge in [0.1, 0.15) is 5.78 Å². The van der Waals surface area contributed by atoms with E-state index in [0.29, 0.717) is 0 Å². The molecule has 0 spiro atoms. The third-order valence-corrected chi connectivity index (χ3v) is 2.26. The van der Waals surface area contributed by atoms with Crippen LogP contribution in [0.3, 0.4) is 0 Å². The van der Waals surface area contributed by atoms with Crippen LogP contribution in [0.15, 0.2) is 30.3 Å². The molecule has 1 nitrogen and oxygen atoms in total. The van der Waals surface area contributed by atoms with Gasteiger partial charge in [-0.1, -0.05) is 104 Å². The van der Waals surface area contributed by atoms with E-state index in [-0.39, 0.29) is 11.7 Å². The molecule has 1 fully saturated rings. The van der Waals surface area contributed by atoms with E-state index in [4.69, 9.17) is 0 Å². The molecule has 1 aliphatic carbocycles. The van der Waals surface area contributed by atoms with Crippen molar-refractivity contribution in [2.24, 2.45) is 0 Å². The van der Waals surface area contributed by atoms with Crippen LogP contribution < -0.4 is 0 Å². The number of carbonyl (C=O) groups excluding carboxylic acids is 1. The molecule has 1 unspecified atom stereocenters. The van der Waals surface area contributed by atoms with Crippen molar-refractivity contribution in [3.05, 3.63) is 35.9 Å². The van der Waals surface area contributed by atoms with E-state index >= 15 is 0 Å². The average molecular weight is 295 g/mol. The zero-order valence-corrected chi connectivity index (χ0v) is 15.7. The summed E-state index contributed by atoms with van der Waals surface area (Å²) in [5.74, 6) is 0.257. The summed E-state index contributed by atoms with van der Waals surface area (Å²) in [5, 5.41) is 0. The summed E-state index contributed by atoms with van der Waals surface area (Å²) in [5.41, 5.74) is 1.10. The van der Waals surface area contributed by atoms with Gasteiger partial charge in [-0.2, -0.15) is 0 Å². The van der Waals surface area contributed by atoms with Crippen LogP contribution in [0.4, 0.5) is 0 Å². The fraction of sp³-hybridized carbons (Fsp3) is 0.650. The van der Waals surface area contributed by atoms with Crippen LogP contribution >= 0.6 is 0 Å². The van der Waals surface area contributed by atoms with Crippen molar-refractivity contribution in [2.45, 2.75) is 87.0 Å². The summed E-state index contributed by atoms with van der Waals surface area (Å²) in [4.78, 5) is 10.9. The molecule has 0 radical (unpaired) electrons. The van der Waals surface area contributed by atoms with Crippen molar-refractivity contribution in [1.29, 1.82) is 0 Å². The largest absolute Gasteiger partial charge is 0.299 e. The zero-order chi connectivity index (χ0) is 17.1. The van der Waals surface area contributed by atoms with Gasteiger partial charge in [0, 0.05) is 5.92 Å². The highest BCUT2D eigenvalue weighted by Gasteiger charge is 2.08. The molecule has 0 heterocycles. The second-order valence-corrected chi connectivity index (χ2v) is 4.51. The van der Waals surface area contributed by atoms with Crippen LogP contribution in [0.25, 0.3) is 0 Å². The number of benzene rings is 1. The highest BCUT2D eigenvalue weighted by atomic mass is 16.1. The van der Waals surface area contributed by atoms with Gasteiger partial charge in [-0.05, 0) is 12.5 Å². The van der Waals surface area contributed by atoms with Gasteiger partial charge in [0.05, 0.1) is 0 Å². The standard InChI is InChI=1S/C10H12O.C3H6.C3H8.2C2H6/c1-8(9(2)11)10-6-4-3-5-7-10;1-2-3-1;1-3-2;2*1-2/h3-8H,1-2H3;1-3H2;3H2,1-2H3;2*1-2H3. The summed E-state index contributed by atoms with van der Waals surface area (Å²) < 4.78 is 0. The van der Waals surface area contributed by atoms with Crippen LogP contribution in [0.1, 0.15) is 92.6 Å². The van der Waals surface area contributed by atoms with Crippen molar-refractivity contribution in [2.75, 3.05) is 0 Å². The molecule has 1 atom stereocenters. The first-order valence-electron chi connectivity index (χ1n) is 8.68. The van der Waals surface area contributed by atoms with Gasteiger partial charge in [0.15, 0.2) is 0 Å². The highest BCUT2D eigenvalue weighted by molar-refractivity contribution is 5.82. The van der Waals surface area contributed by atoms with Gasteiger partial charge >= 0.3 is 0 Å². The fourth-order valence-electron chi connectivity index (χ4n) is 0.976. The summed E-state index contributed by atoms with van der Waals surface area (Å²) in [6, 6.07) is 9.82. The monoisotopic (exact) mass is 294 g/mol. The Labute approximate surface area is 134 Å². The van der Waals surface area contributed by atoms with Gasteiger partial charge < -0.3 is 0 Å². The molecule has 0 amide bonds. The predicted molar refractivity (Wildman–Crippen MR) is 98.1 cm³/mol. The summed E-state index contributed by atoms with van der Waals surface area (Å²) in [6.07, 6.45) is 5.75. The summed E-state index contributed by atoms with van der Waals surface area (Å²) in [7, 11) is 0. The van der Waals surface area contributed by atoms with E-state index in [0.717, 1.165) is 5.56 Å². The Morgan fingerprint density at radius 2 is 1.29 bits per heavy atom. The predicted octanol–water partition coefficient (Wildman–Crippen LogP) is 7.02. The van der Waals surface area contributed by atoms with Gasteiger partial charge in [0.2, 0.25) is 0 Å². The quantitative estimate of drug-likeness (QED) is 0.573. The normalized spacial score (nSPS) is 11.4. The first-order chi connectivity index (χ1) is 10.1. The lowest BCUT2D eigenvalue weighted by Gasteiger charge is -2.05. The van der Waals surface area contributed by atoms with E-state index in [2.05, 4.69) is 13.8 Å². The van der Waals surface area contributed by atoms with Gasteiger partial charge in [-0.25, -0.2) is 0 Å². The molecule has 1 aromatic carbocycles. The summed E-state index contributed by atoms with van der Waals surface area (Å²) in [6.45, 7) is 15.8. The minimum atomic E-state index is 0.0381. The molecular weight excluding hydrogens is 256 g/mol. The Bertz CT molecular complexity index is 285. The number of ketones is 1. The van der Waals surface area contributed by atoms with E-state index in [9.17, 15) is 4.79 Å². The maximum Gasteiger partial charge on any atom is 0.136 e. The zero-order valence-electron chi connectivity index (χ0n) is 15.7. The second kappa shape index (κ2) is 21.2. The first kappa shape index (κ1) is 24.9. The maximum absolute atomic E-state index is 10.9. The Morgan fingerprint density at radius 3 is 1.52 bits per heavy atom. The van der Waals surface area contributed by atoms with Crippen molar-refractivity contribution in [3.8, 4) is 0 Å². The van der Waals surface area contributed by atoms with E-state index < -0.39 is 0 Å². The molecule has 0 aromatic heterocycles. The molecule has 1 aromatic rings. The smallest absolute Gasteiger partial charge is 0.136 e. The van der Waals surface area contributed by atoms with Crippen molar-refractivity contribution in [3.63, 3.8) is 0 Å². The molecule has 0 bridgehead atoms. The fourth-order valence-corrected chi connectivity index (χ4v) is 0.976. The molecule has 0 aliphatic heterocycles. The SMILES string of the molecule is C1CC1.CC.CC.CC(=O)C(C)c1ccccc1.CCC. The van der Waals surface area contributed by atoms with Gasteiger partial charge in [0.25, 0.3) is 0 Å². The molecule has 0 saturated heterocycles. The maximum atomic E-state index is 10.9. The number of rotatable bonds is 2. The Balaban J connectivity index is -0.000000267. The number of Topliss-reactive ketones (excluding diaryl/α,β-unsaturated/α-hetero) is 1. The van der Waals surface area contributed by atoms with Crippen molar-refractivity contribution < 1.29 is 4.79 Å². The first-order valence-corrected chi connectivity index (χ1v) is 8.68. The topological polar surface area (TPSA) is 17.1 Å². The molecule has 2 rings (SSSR count). The third-order valence-electron chi connectivity index (χ3n) is 2.26. The van der Waals surface area contributed by atoms with E-state index in [1.54, 1.807) is 6.92 Å². The van der Waals surface area contributed by atoms with Crippen molar-refractivity contribution in [1.82, 2.24) is 0 Å². The van der Waals surface area contributed by atoms with Gasteiger partial charge in [-0.15, -0.1) is 0 Å². The molecule has 1 heteroatoms. The second-order valence-electron chi connectivity index (χ2n) is 4.51. The minimum absolute atomic E-state index is 0.0381. The third kappa shape index (κ3) is 21.3. The van der Waals surface area contributed by atoms with Crippen LogP contribution in [0, 0.1) is 0 Å². The molecule has 0 N–H and O–H groups in total. The lowest BCUT2D eigenvalue weighted by Crippen LogP contribution is -2.03. The molecule has 1 saturated carbocycles. The molecule has 124 valence electrons. The lowest BCUT2D eigenvalue weighted by molar-refractivity contribution is -0.118. The average Bonchev–Trinajstić information content (AvgIpc) is 3.41. The minimum Gasteiger partial charge on any atom is -0.299 e. The Morgan fingerprint density at radius 1 is 0.952 bits per heavy atom. The highest BCUT2D eigenvalue weighted by Crippen LogP contribution is 2.15. The Hall–Kier alpha value is -1.11. The van der Waals surface area contributed by atoms with Crippen LogP contribution in [0.5, 0.6) is 0 Å². The van der Waals surface area contributed by atoms with Gasteiger partial charge in [-0.3, -0.25) is 4.79 Å². The molecule has 1 aliphatic rings. The van der Waals surface area contributed by atoms with Crippen LogP contribution in [0.2, 0.25) is 0 Å². The number of hydrogen-bond donors (Lipinski definition) is 0. The van der Waals surface area contributed by atoms with Crippen LogP contribution in [-0.2, 0) is 4.79 Å². The number of carbonyl (C=O) groups is 1. The lowest BCUT2D eigenvalue weighted by atomic mass is 9.98. The van der Waals surface area contributed by atoms with Crippen LogP contribution in [-0.4, -0.2) is 5.78 Å². The Kier molecular flexibility index (Phi) is 25.1. The van der Waals surface area contributed by atoms with E-state index in [1.807, 2.05) is 65.0 Å². The molecular formula is C20H38O. The molecule has 21 heavy (non-hydrogen) atoms. The van der Waals surface area contributed by atoms with E-state index in [1.165, 1.54) is 25.7 Å².